The Bertz CT molecular complexity index is 295. The van der Waals surface area contributed by atoms with E-state index in [1.807, 2.05) is 0 Å². The molecule has 1 heterocycles. The molecule has 116 valence electrons. The van der Waals surface area contributed by atoms with Crippen LogP contribution in [0.15, 0.2) is 0 Å². The largest absolute Gasteiger partial charge is 0.316 e. The van der Waals surface area contributed by atoms with E-state index in [-0.39, 0.29) is 0 Å². The van der Waals surface area contributed by atoms with Crippen LogP contribution in [0.4, 0.5) is 0 Å². The van der Waals surface area contributed by atoms with Crippen molar-refractivity contribution in [3.8, 4) is 0 Å². The van der Waals surface area contributed by atoms with Crippen molar-refractivity contribution in [1.29, 1.82) is 0 Å². The Hall–Kier alpha value is -0.0800. The fourth-order valence-corrected chi connectivity index (χ4v) is 5.08. The number of rotatable bonds is 6. The Morgan fingerprint density at radius 3 is 2.30 bits per heavy atom. The zero-order valence-electron chi connectivity index (χ0n) is 13.7. The molecule has 1 aliphatic heterocycles. The Morgan fingerprint density at radius 1 is 1.05 bits per heavy atom. The van der Waals surface area contributed by atoms with E-state index in [1.165, 1.54) is 77.7 Å². The molecule has 2 nitrogen and oxygen atoms in total. The fourth-order valence-electron chi connectivity index (χ4n) is 5.08. The number of hydrogen-bond acceptors (Lipinski definition) is 2. The van der Waals surface area contributed by atoms with Gasteiger partial charge in [-0.05, 0) is 55.4 Å². The lowest BCUT2D eigenvalue weighted by Gasteiger charge is -2.34. The van der Waals surface area contributed by atoms with Crippen molar-refractivity contribution in [1.82, 2.24) is 10.2 Å². The summed E-state index contributed by atoms with van der Waals surface area (Å²) in [5.74, 6) is 2.88. The summed E-state index contributed by atoms with van der Waals surface area (Å²) in [6, 6.07) is 0. The molecular formula is C18H34N2. The summed E-state index contributed by atoms with van der Waals surface area (Å²) >= 11 is 0. The van der Waals surface area contributed by atoms with Gasteiger partial charge < -0.3 is 10.2 Å². The predicted molar refractivity (Wildman–Crippen MR) is 85.9 cm³/mol. The van der Waals surface area contributed by atoms with Gasteiger partial charge in [-0.1, -0.05) is 33.1 Å². The van der Waals surface area contributed by atoms with Crippen molar-refractivity contribution in [2.45, 2.75) is 58.8 Å². The molecule has 3 rings (SSSR count). The first-order chi connectivity index (χ1) is 9.67. The first kappa shape index (κ1) is 14.8. The monoisotopic (exact) mass is 278 g/mol. The summed E-state index contributed by atoms with van der Waals surface area (Å²) in [6.45, 7) is 11.3. The molecule has 0 amide bonds. The van der Waals surface area contributed by atoms with E-state index in [4.69, 9.17) is 0 Å². The first-order valence-corrected chi connectivity index (χ1v) is 9.10. The molecule has 1 saturated heterocycles. The van der Waals surface area contributed by atoms with Crippen molar-refractivity contribution in [3.05, 3.63) is 0 Å². The van der Waals surface area contributed by atoms with Crippen LogP contribution in [-0.4, -0.2) is 37.6 Å². The second kappa shape index (κ2) is 6.36. The highest BCUT2D eigenvalue weighted by Crippen LogP contribution is 2.42. The van der Waals surface area contributed by atoms with E-state index < -0.39 is 0 Å². The average Bonchev–Trinajstić information content (AvgIpc) is 3.05. The summed E-state index contributed by atoms with van der Waals surface area (Å²) in [5.41, 5.74) is 0.605. The highest BCUT2D eigenvalue weighted by atomic mass is 15.2. The fraction of sp³-hybridized carbons (Fsp3) is 1.00. The van der Waals surface area contributed by atoms with Crippen LogP contribution in [0.3, 0.4) is 0 Å². The minimum Gasteiger partial charge on any atom is -0.316 e. The Kier molecular flexibility index (Phi) is 4.72. The smallest absolute Gasteiger partial charge is 0.00504 e. The van der Waals surface area contributed by atoms with E-state index in [0.29, 0.717) is 5.41 Å². The van der Waals surface area contributed by atoms with Gasteiger partial charge in [0.15, 0.2) is 0 Å². The van der Waals surface area contributed by atoms with Crippen molar-refractivity contribution in [3.63, 3.8) is 0 Å². The third-order valence-electron chi connectivity index (χ3n) is 6.08. The van der Waals surface area contributed by atoms with E-state index in [2.05, 4.69) is 24.1 Å². The lowest BCUT2D eigenvalue weighted by atomic mass is 9.85. The van der Waals surface area contributed by atoms with Crippen LogP contribution in [0.1, 0.15) is 58.8 Å². The van der Waals surface area contributed by atoms with Gasteiger partial charge in [0.25, 0.3) is 0 Å². The van der Waals surface area contributed by atoms with Crippen molar-refractivity contribution in [2.75, 3.05) is 32.7 Å². The van der Waals surface area contributed by atoms with Crippen LogP contribution >= 0.6 is 0 Å². The summed E-state index contributed by atoms with van der Waals surface area (Å²) in [4.78, 5) is 2.83. The molecule has 0 aromatic rings. The molecule has 2 atom stereocenters. The Labute approximate surface area is 125 Å². The van der Waals surface area contributed by atoms with E-state index in [0.717, 1.165) is 17.8 Å². The molecule has 3 fully saturated rings. The molecule has 2 saturated carbocycles. The van der Waals surface area contributed by atoms with E-state index >= 15 is 0 Å². The van der Waals surface area contributed by atoms with Gasteiger partial charge in [-0.2, -0.15) is 0 Å². The minimum atomic E-state index is 0.605. The number of hydrogen-bond donors (Lipinski definition) is 1. The first-order valence-electron chi connectivity index (χ1n) is 9.10. The third kappa shape index (κ3) is 3.39. The number of fused-ring (bicyclic) bond motifs is 1. The van der Waals surface area contributed by atoms with Gasteiger partial charge in [-0.25, -0.2) is 0 Å². The normalized spacial score (nSPS) is 33.1. The van der Waals surface area contributed by atoms with Crippen LogP contribution in [0.5, 0.6) is 0 Å². The number of nitrogens with zero attached hydrogens (tertiary/aromatic N) is 1. The minimum absolute atomic E-state index is 0.605. The van der Waals surface area contributed by atoms with Gasteiger partial charge in [0.05, 0.1) is 0 Å². The molecule has 0 spiro atoms. The van der Waals surface area contributed by atoms with Gasteiger partial charge in [-0.15, -0.1) is 0 Å². The van der Waals surface area contributed by atoms with Crippen LogP contribution in [0.2, 0.25) is 0 Å². The lowest BCUT2D eigenvalue weighted by molar-refractivity contribution is 0.162. The maximum Gasteiger partial charge on any atom is 0.00504 e. The van der Waals surface area contributed by atoms with Crippen LogP contribution in [-0.2, 0) is 0 Å². The molecule has 1 N–H and O–H groups in total. The summed E-state index contributed by atoms with van der Waals surface area (Å²) in [6.07, 6.45) is 10.4. The number of nitrogens with one attached hydrogen (secondary N) is 1. The SMILES string of the molecule is CC(C)CNCC1(CN2CC3CCCC3C2)CCCC1. The topological polar surface area (TPSA) is 15.3 Å². The van der Waals surface area contributed by atoms with Crippen LogP contribution < -0.4 is 5.32 Å². The quantitative estimate of drug-likeness (QED) is 0.799. The van der Waals surface area contributed by atoms with Crippen molar-refractivity contribution < 1.29 is 0 Å². The molecule has 0 radical (unpaired) electrons. The van der Waals surface area contributed by atoms with Gasteiger partial charge in [0, 0.05) is 26.2 Å². The zero-order valence-corrected chi connectivity index (χ0v) is 13.7. The predicted octanol–water partition coefficient (Wildman–Crippen LogP) is 3.52. The second-order valence-corrected chi connectivity index (χ2v) is 8.38. The van der Waals surface area contributed by atoms with Crippen molar-refractivity contribution in [2.24, 2.45) is 23.2 Å². The van der Waals surface area contributed by atoms with E-state index in [9.17, 15) is 0 Å². The molecule has 2 aliphatic carbocycles. The lowest BCUT2D eigenvalue weighted by Crippen LogP contribution is -2.43. The molecule has 0 aromatic carbocycles. The molecule has 20 heavy (non-hydrogen) atoms. The average molecular weight is 278 g/mol. The molecule has 2 unspecified atom stereocenters. The van der Waals surface area contributed by atoms with Gasteiger partial charge in [0.1, 0.15) is 0 Å². The summed E-state index contributed by atoms with van der Waals surface area (Å²) in [7, 11) is 0. The molecular weight excluding hydrogens is 244 g/mol. The third-order valence-corrected chi connectivity index (χ3v) is 6.08. The van der Waals surface area contributed by atoms with Crippen LogP contribution in [0, 0.1) is 23.2 Å². The zero-order chi connectivity index (χ0) is 14.0. The Balaban J connectivity index is 1.52. The maximum atomic E-state index is 3.77. The number of likely N-dealkylation sites (tertiary alicyclic amines) is 1. The second-order valence-electron chi connectivity index (χ2n) is 8.38. The highest BCUT2D eigenvalue weighted by Gasteiger charge is 2.41. The molecule has 2 heteroatoms. The summed E-state index contributed by atoms with van der Waals surface area (Å²) in [5, 5.41) is 3.77. The van der Waals surface area contributed by atoms with Gasteiger partial charge >= 0.3 is 0 Å². The highest BCUT2D eigenvalue weighted by molar-refractivity contribution is 4.94. The molecule has 0 aromatic heterocycles. The van der Waals surface area contributed by atoms with Gasteiger partial charge in [-0.3, -0.25) is 0 Å². The van der Waals surface area contributed by atoms with E-state index in [1.54, 1.807) is 0 Å². The standard InChI is InChI=1S/C18H34N2/c1-15(2)10-19-13-18(8-3-4-9-18)14-20-11-16-6-5-7-17(16)12-20/h15-17,19H,3-14H2,1-2H3. The van der Waals surface area contributed by atoms with Gasteiger partial charge in [0.2, 0.25) is 0 Å². The van der Waals surface area contributed by atoms with Crippen LogP contribution in [0.25, 0.3) is 0 Å². The van der Waals surface area contributed by atoms with Crippen molar-refractivity contribution >= 4 is 0 Å². The molecule has 0 bridgehead atoms. The maximum absolute atomic E-state index is 3.77. The molecule has 3 aliphatic rings. The Morgan fingerprint density at radius 2 is 1.70 bits per heavy atom. The summed E-state index contributed by atoms with van der Waals surface area (Å²) < 4.78 is 0.